The van der Waals surface area contributed by atoms with Crippen LogP contribution >= 0.6 is 0 Å². The van der Waals surface area contributed by atoms with Crippen LogP contribution < -0.4 is 16.0 Å². The minimum atomic E-state index is -0.833. The Morgan fingerprint density at radius 2 is 1.78 bits per heavy atom. The van der Waals surface area contributed by atoms with Gasteiger partial charge in [-0.2, -0.15) is 10.5 Å². The van der Waals surface area contributed by atoms with Crippen LogP contribution in [0.3, 0.4) is 0 Å². The molecule has 2 aliphatic carbocycles. The predicted octanol–water partition coefficient (Wildman–Crippen LogP) is 3.09. The topological polar surface area (TPSA) is 152 Å². The predicted molar refractivity (Wildman–Crippen MR) is 174 cm³/mol. The molecule has 0 radical (unpaired) electrons. The van der Waals surface area contributed by atoms with Crippen molar-refractivity contribution in [2.24, 2.45) is 11.8 Å². The van der Waals surface area contributed by atoms with Crippen molar-refractivity contribution in [3.8, 4) is 6.07 Å². The number of nitrogens with one attached hydrogen (secondary N) is 4. The lowest BCUT2D eigenvalue weighted by Gasteiger charge is -2.36. The van der Waals surface area contributed by atoms with Gasteiger partial charge in [-0.25, -0.2) is 0 Å². The van der Waals surface area contributed by atoms with Crippen molar-refractivity contribution in [3.63, 3.8) is 0 Å². The van der Waals surface area contributed by atoms with Crippen molar-refractivity contribution in [1.82, 2.24) is 41.5 Å². The van der Waals surface area contributed by atoms with Crippen LogP contribution in [0.5, 0.6) is 0 Å². The van der Waals surface area contributed by atoms with Crippen LogP contribution in [0.1, 0.15) is 84.5 Å². The number of hydrogen-bond acceptors (Lipinski definition) is 8. The number of carbonyl (C=O) groups excluding carboxylic acids is 2. The number of nitrogens with zero attached hydrogens (tertiary/aromatic N) is 5. The van der Waals surface area contributed by atoms with Gasteiger partial charge in [0, 0.05) is 36.4 Å². The maximum Gasteiger partial charge on any atom is 0.251 e. The van der Waals surface area contributed by atoms with Gasteiger partial charge in [-0.15, -0.1) is 10.2 Å². The Morgan fingerprint density at radius 1 is 1.11 bits per heavy atom. The molecule has 240 valence electrons. The molecule has 1 saturated heterocycles. The Kier molecular flexibility index (Phi) is 8.66. The molecule has 1 aromatic heterocycles. The summed E-state index contributed by atoms with van der Waals surface area (Å²) in [6, 6.07) is 14.3. The standard InChI is InChI=1S/C35H43N9O2/c1-6-37-22(5)23-10-12-29-24(14-23)8-9-25-15-26(33(46)38-7-2)11-13-30(25)35(29,34-40-42-43-41-34)17-20(3)39-19-31(45)44-27(18-36)16-28-21(4)32(28)44/h10-15,20-21,27-28,32,37,39H,5-9,16-17,19H2,1-4H3,(H,38,46)(H,40,41,42,43)/t20-,21+,27?,28?,32+,35?/m1/s1. The summed E-state index contributed by atoms with van der Waals surface area (Å²) >= 11 is 0. The smallest absolute Gasteiger partial charge is 0.251 e. The first-order valence-corrected chi connectivity index (χ1v) is 16.4. The molecule has 11 heteroatoms. The molecule has 0 spiro atoms. The number of piperidine rings is 1. The largest absolute Gasteiger partial charge is 0.385 e. The molecule has 1 aliphatic heterocycles. The number of nitriles is 1. The van der Waals surface area contributed by atoms with E-state index in [2.05, 4.69) is 81.3 Å². The fourth-order valence-electron chi connectivity index (χ4n) is 7.90. The second-order valence-corrected chi connectivity index (χ2v) is 12.9. The summed E-state index contributed by atoms with van der Waals surface area (Å²) in [4.78, 5) is 28.2. The lowest BCUT2D eigenvalue weighted by atomic mass is 9.67. The van der Waals surface area contributed by atoms with Gasteiger partial charge in [0.25, 0.3) is 5.91 Å². The van der Waals surface area contributed by atoms with E-state index >= 15 is 0 Å². The van der Waals surface area contributed by atoms with E-state index in [0.29, 0.717) is 36.2 Å². The number of amides is 2. The molecule has 0 bridgehead atoms. The van der Waals surface area contributed by atoms with Crippen LogP contribution in [0.2, 0.25) is 0 Å². The van der Waals surface area contributed by atoms with E-state index in [1.165, 1.54) is 0 Å². The lowest BCUT2D eigenvalue weighted by Crippen LogP contribution is -2.47. The molecule has 2 heterocycles. The Hall–Kier alpha value is -4.56. The van der Waals surface area contributed by atoms with E-state index in [1.807, 2.05) is 36.9 Å². The summed E-state index contributed by atoms with van der Waals surface area (Å²) in [6.45, 7) is 13.9. The Balaban J connectivity index is 1.39. The van der Waals surface area contributed by atoms with Crippen LogP contribution in [-0.4, -0.2) is 75.1 Å². The molecular formula is C35H43N9O2. The van der Waals surface area contributed by atoms with Gasteiger partial charge in [-0.1, -0.05) is 36.9 Å². The Labute approximate surface area is 270 Å². The fraction of sp³-hybridized carbons (Fsp3) is 0.486. The number of rotatable bonds is 11. The molecule has 2 aromatic carbocycles. The van der Waals surface area contributed by atoms with Crippen LogP contribution in [-0.2, 0) is 23.1 Å². The minimum Gasteiger partial charge on any atom is -0.385 e. The summed E-state index contributed by atoms with van der Waals surface area (Å²) < 4.78 is 0. The second-order valence-electron chi connectivity index (χ2n) is 12.9. The SMILES string of the molecule is C=C(NCC)c1ccc2c(c1)CCc1cc(C(=O)NCC)ccc1C2(C[C@@H](C)NCC(=O)N1C(C#N)CC2[C@@H]1[C@H]2C)c1nn[nH]n1. The van der Waals surface area contributed by atoms with Crippen molar-refractivity contribution in [3.05, 3.63) is 82.2 Å². The third-order valence-electron chi connectivity index (χ3n) is 10.2. The van der Waals surface area contributed by atoms with E-state index in [0.717, 1.165) is 59.3 Å². The Bertz CT molecular complexity index is 1610. The lowest BCUT2D eigenvalue weighted by molar-refractivity contribution is -0.131. The fourth-order valence-corrected chi connectivity index (χ4v) is 7.90. The van der Waals surface area contributed by atoms with E-state index in [4.69, 9.17) is 0 Å². The highest BCUT2D eigenvalue weighted by Gasteiger charge is 2.60. The summed E-state index contributed by atoms with van der Waals surface area (Å²) in [7, 11) is 0. The molecule has 3 aliphatic rings. The first kappa shape index (κ1) is 31.4. The van der Waals surface area contributed by atoms with Crippen LogP contribution in [0.25, 0.3) is 5.70 Å². The summed E-state index contributed by atoms with van der Waals surface area (Å²) in [5, 5.41) is 35.3. The van der Waals surface area contributed by atoms with Crippen molar-refractivity contribution < 1.29 is 9.59 Å². The monoisotopic (exact) mass is 621 g/mol. The van der Waals surface area contributed by atoms with Crippen molar-refractivity contribution >= 4 is 17.5 Å². The molecule has 6 rings (SSSR count). The maximum absolute atomic E-state index is 13.5. The highest BCUT2D eigenvalue weighted by molar-refractivity contribution is 5.94. The van der Waals surface area contributed by atoms with Gasteiger partial charge >= 0.3 is 0 Å². The molecule has 3 aromatic rings. The van der Waals surface area contributed by atoms with E-state index in [1.54, 1.807) is 0 Å². The van der Waals surface area contributed by atoms with E-state index in [-0.39, 0.29) is 36.5 Å². The third kappa shape index (κ3) is 5.45. The van der Waals surface area contributed by atoms with Gasteiger partial charge in [0.15, 0.2) is 5.82 Å². The zero-order valence-corrected chi connectivity index (χ0v) is 27.1. The molecule has 2 amide bonds. The van der Waals surface area contributed by atoms with E-state index in [9.17, 15) is 14.9 Å². The molecule has 11 nitrogen and oxygen atoms in total. The average molecular weight is 622 g/mol. The number of hydrogen-bond donors (Lipinski definition) is 4. The van der Waals surface area contributed by atoms with Gasteiger partial charge < -0.3 is 20.9 Å². The molecule has 3 unspecified atom stereocenters. The number of likely N-dealkylation sites (tertiary alicyclic amines) is 1. The second kappa shape index (κ2) is 12.7. The minimum absolute atomic E-state index is 0.0383. The number of aromatic nitrogens is 4. The number of carbonyl (C=O) groups is 2. The average Bonchev–Trinajstić information content (AvgIpc) is 3.40. The van der Waals surface area contributed by atoms with Gasteiger partial charge in [-0.05, 0) is 104 Å². The third-order valence-corrected chi connectivity index (χ3v) is 10.2. The van der Waals surface area contributed by atoms with Gasteiger partial charge in [0.05, 0.1) is 18.0 Å². The Morgan fingerprint density at radius 3 is 2.41 bits per heavy atom. The highest BCUT2D eigenvalue weighted by atomic mass is 16.2. The van der Waals surface area contributed by atoms with Gasteiger partial charge in [-0.3, -0.25) is 9.59 Å². The van der Waals surface area contributed by atoms with Crippen LogP contribution in [0.4, 0.5) is 0 Å². The van der Waals surface area contributed by atoms with E-state index < -0.39 is 5.41 Å². The first-order chi connectivity index (χ1) is 22.2. The number of tetrazole rings is 1. The quantitative estimate of drug-likeness (QED) is 0.255. The van der Waals surface area contributed by atoms with Gasteiger partial charge in [0.1, 0.15) is 6.04 Å². The van der Waals surface area contributed by atoms with Gasteiger partial charge in [0.2, 0.25) is 5.91 Å². The molecular weight excluding hydrogens is 578 g/mol. The molecule has 6 atom stereocenters. The number of benzene rings is 2. The zero-order valence-electron chi connectivity index (χ0n) is 27.1. The number of fused-ring (bicyclic) bond motifs is 3. The van der Waals surface area contributed by atoms with Crippen molar-refractivity contribution in [1.29, 1.82) is 5.26 Å². The summed E-state index contributed by atoms with van der Waals surface area (Å²) in [5.41, 5.74) is 5.90. The normalized spacial score (nSPS) is 24.9. The van der Waals surface area contributed by atoms with Crippen LogP contribution in [0, 0.1) is 23.2 Å². The van der Waals surface area contributed by atoms with Crippen LogP contribution in [0.15, 0.2) is 43.0 Å². The van der Waals surface area contributed by atoms with Crippen molar-refractivity contribution in [2.75, 3.05) is 19.6 Å². The maximum atomic E-state index is 13.5. The number of H-pyrrole nitrogens is 1. The molecule has 1 saturated carbocycles. The molecule has 4 N–H and O–H groups in total. The zero-order chi connectivity index (χ0) is 32.6. The molecule has 46 heavy (non-hydrogen) atoms. The highest BCUT2D eigenvalue weighted by Crippen LogP contribution is 2.53. The summed E-state index contributed by atoms with van der Waals surface area (Å²) in [5.74, 6) is 1.26. The van der Waals surface area contributed by atoms with Crippen molar-refractivity contribution in [2.45, 2.75) is 76.9 Å². The first-order valence-electron chi connectivity index (χ1n) is 16.4. The number of aryl methyl sites for hydroxylation is 2. The number of aromatic amines is 1. The molecule has 2 fully saturated rings. The summed E-state index contributed by atoms with van der Waals surface area (Å²) in [6.07, 6.45) is 2.76.